The van der Waals surface area contributed by atoms with E-state index in [9.17, 15) is 4.79 Å². The molecule has 0 fully saturated rings. The van der Waals surface area contributed by atoms with Crippen molar-refractivity contribution in [1.29, 1.82) is 0 Å². The molecule has 2 rings (SSSR count). The highest BCUT2D eigenvalue weighted by atomic mass is 16.1. The number of amides is 1. The highest BCUT2D eigenvalue weighted by molar-refractivity contribution is 6.18. The van der Waals surface area contributed by atoms with Gasteiger partial charge in [0.1, 0.15) is 0 Å². The first-order chi connectivity index (χ1) is 6.68. The third-order valence-electron chi connectivity index (χ3n) is 2.20. The molecule has 1 heterocycles. The third-order valence-corrected chi connectivity index (χ3v) is 2.20. The van der Waals surface area contributed by atoms with Gasteiger partial charge in [-0.2, -0.15) is 0 Å². The molecule has 3 N–H and O–H groups in total. The number of hydrogen-bond donors (Lipinski definition) is 2. The lowest BCUT2D eigenvalue weighted by atomic mass is 10.1. The number of primary amides is 1. The summed E-state index contributed by atoms with van der Waals surface area (Å²) < 4.78 is 0. The summed E-state index contributed by atoms with van der Waals surface area (Å²) >= 11 is 0. The van der Waals surface area contributed by atoms with Gasteiger partial charge >= 0.3 is 0 Å². The summed E-state index contributed by atoms with van der Waals surface area (Å²) in [6, 6.07) is 7.55. The molecule has 0 aliphatic rings. The Balaban J connectivity index is 2.54. The van der Waals surface area contributed by atoms with Crippen molar-refractivity contribution < 1.29 is 4.79 Å². The average molecular weight is 186 g/mol. The van der Waals surface area contributed by atoms with E-state index in [4.69, 9.17) is 5.73 Å². The molecule has 1 aromatic heterocycles. The van der Waals surface area contributed by atoms with Crippen molar-refractivity contribution in [3.05, 3.63) is 42.6 Å². The maximum atomic E-state index is 10.9. The van der Waals surface area contributed by atoms with E-state index in [2.05, 4.69) is 11.6 Å². The van der Waals surface area contributed by atoms with Crippen molar-refractivity contribution in [3.63, 3.8) is 0 Å². The van der Waals surface area contributed by atoms with Crippen LogP contribution in [0.1, 0.15) is 5.56 Å². The molecule has 3 nitrogen and oxygen atoms in total. The lowest BCUT2D eigenvalue weighted by molar-refractivity contribution is -0.112. The second kappa shape index (κ2) is 3.03. The molecule has 70 valence electrons. The smallest absolute Gasteiger partial charge is 0.248 e. The fraction of sp³-hybridized carbons (Fsp3) is 0. The molecule has 1 aromatic carbocycles. The largest absolute Gasteiger partial charge is 0.366 e. The van der Waals surface area contributed by atoms with Gasteiger partial charge in [0, 0.05) is 17.3 Å². The predicted octanol–water partition coefficient (Wildman–Crippen LogP) is 1.67. The van der Waals surface area contributed by atoms with Gasteiger partial charge in [-0.15, -0.1) is 0 Å². The van der Waals surface area contributed by atoms with Crippen LogP contribution in [0.25, 0.3) is 16.5 Å². The molecule has 3 heteroatoms. The molecule has 0 spiro atoms. The molecule has 0 saturated carbocycles. The molecule has 0 aliphatic carbocycles. The summed E-state index contributed by atoms with van der Waals surface area (Å²) in [6.45, 7) is 3.63. The van der Waals surface area contributed by atoms with Crippen molar-refractivity contribution in [1.82, 2.24) is 4.98 Å². The number of fused-ring (bicyclic) bond motifs is 1. The molecule has 0 bridgehead atoms. The van der Waals surface area contributed by atoms with Crippen LogP contribution in [-0.2, 0) is 4.79 Å². The number of hydrogen-bond acceptors (Lipinski definition) is 1. The number of aromatic nitrogens is 1. The Bertz CT molecular complexity index is 511. The zero-order valence-electron chi connectivity index (χ0n) is 7.58. The zero-order chi connectivity index (χ0) is 10.1. The van der Waals surface area contributed by atoms with Crippen LogP contribution >= 0.6 is 0 Å². The molecule has 0 saturated heterocycles. The van der Waals surface area contributed by atoms with Crippen molar-refractivity contribution in [2.24, 2.45) is 5.73 Å². The molecule has 0 aliphatic heterocycles. The Labute approximate surface area is 81.2 Å². The van der Waals surface area contributed by atoms with E-state index >= 15 is 0 Å². The number of nitrogens with two attached hydrogens (primary N) is 1. The van der Waals surface area contributed by atoms with Crippen LogP contribution < -0.4 is 5.73 Å². The van der Waals surface area contributed by atoms with E-state index in [-0.39, 0.29) is 0 Å². The van der Waals surface area contributed by atoms with Crippen LogP contribution in [0, 0.1) is 0 Å². The number of aromatic amines is 1. The van der Waals surface area contributed by atoms with Gasteiger partial charge in [0.15, 0.2) is 0 Å². The Morgan fingerprint density at radius 1 is 1.36 bits per heavy atom. The van der Waals surface area contributed by atoms with Gasteiger partial charge < -0.3 is 10.7 Å². The van der Waals surface area contributed by atoms with Crippen molar-refractivity contribution in [2.75, 3.05) is 0 Å². The normalized spacial score (nSPS) is 10.3. The first-order valence-electron chi connectivity index (χ1n) is 4.25. The zero-order valence-corrected chi connectivity index (χ0v) is 7.58. The molecule has 1 amide bonds. The van der Waals surface area contributed by atoms with E-state index in [1.807, 2.05) is 30.5 Å². The van der Waals surface area contributed by atoms with Crippen LogP contribution in [0.2, 0.25) is 0 Å². The van der Waals surface area contributed by atoms with Crippen LogP contribution in [0.15, 0.2) is 37.0 Å². The Hall–Kier alpha value is -2.03. The number of carbonyl (C=O) groups excluding carboxylic acids is 1. The summed E-state index contributed by atoms with van der Waals surface area (Å²) in [5.41, 5.74) is 7.28. The minimum absolute atomic E-state index is 0.341. The van der Waals surface area contributed by atoms with Gasteiger partial charge in [-0.1, -0.05) is 12.6 Å². The van der Waals surface area contributed by atoms with E-state index in [1.54, 1.807) is 0 Å². The van der Waals surface area contributed by atoms with Gasteiger partial charge in [0.2, 0.25) is 5.91 Å². The fourth-order valence-corrected chi connectivity index (χ4v) is 1.38. The van der Waals surface area contributed by atoms with E-state index in [0.29, 0.717) is 5.57 Å². The van der Waals surface area contributed by atoms with Crippen molar-refractivity contribution in [3.8, 4) is 0 Å². The Morgan fingerprint density at radius 2 is 2.14 bits per heavy atom. The number of rotatable bonds is 2. The van der Waals surface area contributed by atoms with Crippen molar-refractivity contribution in [2.45, 2.75) is 0 Å². The fourth-order valence-electron chi connectivity index (χ4n) is 1.38. The second-order valence-corrected chi connectivity index (χ2v) is 3.12. The highest BCUT2D eigenvalue weighted by Crippen LogP contribution is 2.18. The minimum Gasteiger partial charge on any atom is -0.366 e. The molecule has 0 radical (unpaired) electrons. The standard InChI is InChI=1S/C11H10N2O/c1-7(11(12)14)8-2-3-10-9(6-8)4-5-13-10/h2-6,13H,1H2,(H2,12,14). The minimum atomic E-state index is -0.486. The molecule has 0 atom stereocenters. The van der Waals surface area contributed by atoms with Gasteiger partial charge in [-0.25, -0.2) is 0 Å². The van der Waals surface area contributed by atoms with Crippen molar-refractivity contribution >= 4 is 22.4 Å². The maximum Gasteiger partial charge on any atom is 0.248 e. The van der Waals surface area contributed by atoms with Gasteiger partial charge in [0.25, 0.3) is 0 Å². The maximum absolute atomic E-state index is 10.9. The van der Waals surface area contributed by atoms with Crippen LogP contribution in [0.3, 0.4) is 0 Å². The molecular weight excluding hydrogens is 176 g/mol. The summed E-state index contributed by atoms with van der Waals surface area (Å²) in [5.74, 6) is -0.486. The number of nitrogens with one attached hydrogen (secondary N) is 1. The second-order valence-electron chi connectivity index (χ2n) is 3.12. The van der Waals surface area contributed by atoms with Gasteiger partial charge in [-0.3, -0.25) is 4.79 Å². The summed E-state index contributed by atoms with van der Waals surface area (Å²) in [5, 5.41) is 1.05. The summed E-state index contributed by atoms with van der Waals surface area (Å²) in [6.07, 6.45) is 1.85. The first-order valence-corrected chi connectivity index (χ1v) is 4.25. The topological polar surface area (TPSA) is 58.9 Å². The molecular formula is C11H10N2O. The number of benzene rings is 1. The van der Waals surface area contributed by atoms with Gasteiger partial charge in [-0.05, 0) is 29.1 Å². The van der Waals surface area contributed by atoms with Gasteiger partial charge in [0.05, 0.1) is 0 Å². The van der Waals surface area contributed by atoms with E-state index in [0.717, 1.165) is 16.5 Å². The third kappa shape index (κ3) is 1.29. The SMILES string of the molecule is C=C(C(N)=O)c1ccc2[nH]ccc2c1. The molecule has 14 heavy (non-hydrogen) atoms. The van der Waals surface area contributed by atoms with E-state index < -0.39 is 5.91 Å². The monoisotopic (exact) mass is 186 g/mol. The number of H-pyrrole nitrogens is 1. The summed E-state index contributed by atoms with van der Waals surface area (Å²) in [4.78, 5) is 14.0. The van der Waals surface area contributed by atoms with Crippen LogP contribution in [0.4, 0.5) is 0 Å². The Kier molecular flexibility index (Phi) is 1.85. The first kappa shape index (κ1) is 8.56. The lowest BCUT2D eigenvalue weighted by Gasteiger charge is -2.00. The highest BCUT2D eigenvalue weighted by Gasteiger charge is 2.05. The molecule has 2 aromatic rings. The number of carbonyl (C=O) groups is 1. The van der Waals surface area contributed by atoms with E-state index in [1.165, 1.54) is 0 Å². The van der Waals surface area contributed by atoms with Crippen LogP contribution in [0.5, 0.6) is 0 Å². The molecule has 0 unspecified atom stereocenters. The quantitative estimate of drug-likeness (QED) is 0.688. The predicted molar refractivity (Wildman–Crippen MR) is 56.5 cm³/mol. The lowest BCUT2D eigenvalue weighted by Crippen LogP contribution is -2.11. The Morgan fingerprint density at radius 3 is 2.86 bits per heavy atom. The van der Waals surface area contributed by atoms with Crippen LogP contribution in [-0.4, -0.2) is 10.9 Å². The summed E-state index contributed by atoms with van der Waals surface area (Å²) in [7, 11) is 0. The average Bonchev–Trinajstić information content (AvgIpc) is 2.62.